The first-order valence-electron chi connectivity index (χ1n) is 17.3. The van der Waals surface area contributed by atoms with Crippen molar-refractivity contribution in [1.82, 2.24) is 35.4 Å². The summed E-state index contributed by atoms with van der Waals surface area (Å²) in [5, 5.41) is 8.26. The SMILES string of the molecule is O=C(N[C@H]1CCCCC/C=C\C2C[C@@]2(C(=O)NS(=O)(=O)C2CC2)NC(=O)[C@@H]2C[C@@H](Oc3nc4ccccc4nc3C(F)(F)F)CN2C1=O)c1ccon1. The lowest BCUT2D eigenvalue weighted by atomic mass is 10.0. The molecule has 19 heteroatoms. The molecule has 2 aliphatic carbocycles. The molecule has 1 unspecified atom stereocenters. The zero-order chi connectivity index (χ0) is 37.5. The van der Waals surface area contributed by atoms with Gasteiger partial charge in [0, 0.05) is 18.4 Å². The first kappa shape index (κ1) is 36.3. The standard InChI is InChI=1S/C34H36F3N7O8S/c35-34(36,37)27-30(40-23-10-7-6-9-22(23)38-27)52-20-16-26-29(46)41-33(32(48)43-53(49,50)21-12-13-21)17-19(33)8-4-2-1-3-5-11-25(31(47)44(26)18-20)39-28(45)24-14-15-51-42-24/h4,6-10,14-15,19-21,25-26H,1-3,5,11-13,16-18H2,(H,39,45)(H,41,46)(H,43,48)/b8-4-/t19?,20-,25+,26+,33-/m1/s1. The molecule has 3 aromatic rings. The van der Waals surface area contributed by atoms with Gasteiger partial charge >= 0.3 is 6.18 Å². The van der Waals surface area contributed by atoms with Crippen molar-refractivity contribution in [3.8, 4) is 5.88 Å². The van der Waals surface area contributed by atoms with Gasteiger partial charge in [0.1, 0.15) is 30.0 Å². The number of aromatic nitrogens is 3. The smallest absolute Gasteiger partial charge is 0.438 e. The van der Waals surface area contributed by atoms with Gasteiger partial charge in [-0.2, -0.15) is 13.2 Å². The summed E-state index contributed by atoms with van der Waals surface area (Å²) in [6, 6.07) is 4.62. The van der Waals surface area contributed by atoms with E-state index in [2.05, 4.69) is 30.5 Å². The lowest BCUT2D eigenvalue weighted by Crippen LogP contribution is -2.58. The van der Waals surface area contributed by atoms with Crippen LogP contribution >= 0.6 is 0 Å². The van der Waals surface area contributed by atoms with E-state index >= 15 is 0 Å². The Morgan fingerprint density at radius 3 is 2.49 bits per heavy atom. The quantitative estimate of drug-likeness (QED) is 0.299. The highest BCUT2D eigenvalue weighted by Gasteiger charge is 2.62. The Bertz CT molecular complexity index is 2060. The number of rotatable bonds is 7. The molecule has 4 amide bonds. The Balaban J connectivity index is 1.21. The maximum absolute atomic E-state index is 14.3. The van der Waals surface area contributed by atoms with Crippen molar-refractivity contribution >= 4 is 44.7 Å². The first-order valence-corrected chi connectivity index (χ1v) is 18.9. The predicted octanol–water partition coefficient (Wildman–Crippen LogP) is 2.79. The largest absolute Gasteiger partial charge is 0.471 e. The summed E-state index contributed by atoms with van der Waals surface area (Å²) < 4.78 is 80.8. The summed E-state index contributed by atoms with van der Waals surface area (Å²) in [6.07, 6.45) is 1.77. The fraction of sp³-hybridized carbons (Fsp3) is 0.500. The molecule has 2 aromatic heterocycles. The Hall–Kier alpha value is -5.07. The number of carbonyl (C=O) groups excluding carboxylic acids is 4. The van der Waals surface area contributed by atoms with E-state index in [4.69, 9.17) is 9.26 Å². The first-order chi connectivity index (χ1) is 25.2. The Kier molecular flexibility index (Phi) is 9.62. The van der Waals surface area contributed by atoms with Crippen molar-refractivity contribution in [2.24, 2.45) is 5.92 Å². The highest BCUT2D eigenvalue weighted by atomic mass is 32.2. The van der Waals surface area contributed by atoms with Gasteiger partial charge in [0.25, 0.3) is 11.8 Å². The third-order valence-corrected chi connectivity index (χ3v) is 11.7. The number of fused-ring (bicyclic) bond motifs is 3. The van der Waals surface area contributed by atoms with E-state index in [-0.39, 0.29) is 36.0 Å². The second-order valence-electron chi connectivity index (χ2n) is 13.8. The molecule has 0 spiro atoms. The molecule has 3 N–H and O–H groups in total. The van der Waals surface area contributed by atoms with Crippen LogP contribution in [0.3, 0.4) is 0 Å². The highest BCUT2D eigenvalue weighted by Crippen LogP contribution is 2.46. The Labute approximate surface area is 301 Å². The van der Waals surface area contributed by atoms with Crippen LogP contribution in [0.2, 0.25) is 0 Å². The van der Waals surface area contributed by atoms with Crippen molar-refractivity contribution in [2.75, 3.05) is 6.54 Å². The molecule has 2 aliphatic heterocycles. The van der Waals surface area contributed by atoms with Crippen LogP contribution in [0, 0.1) is 5.92 Å². The van der Waals surface area contributed by atoms with Crippen LogP contribution in [0.15, 0.2) is 53.3 Å². The van der Waals surface area contributed by atoms with Gasteiger partial charge in [0.2, 0.25) is 33.4 Å². The molecule has 53 heavy (non-hydrogen) atoms. The number of allylic oxidation sites excluding steroid dienone is 1. The molecule has 4 aliphatic rings. The number of carbonyl (C=O) groups is 4. The second-order valence-corrected chi connectivity index (χ2v) is 15.7. The zero-order valence-corrected chi connectivity index (χ0v) is 29.0. The minimum Gasteiger partial charge on any atom is -0.471 e. The van der Waals surface area contributed by atoms with E-state index in [0.29, 0.717) is 38.5 Å². The van der Waals surface area contributed by atoms with Gasteiger partial charge in [-0.25, -0.2) is 18.4 Å². The van der Waals surface area contributed by atoms with Gasteiger partial charge < -0.3 is 24.8 Å². The average Bonchev–Trinajstić information content (AvgIpc) is 3.97. The van der Waals surface area contributed by atoms with Gasteiger partial charge in [-0.05, 0) is 50.7 Å². The lowest BCUT2D eigenvalue weighted by molar-refractivity contribution is -0.143. The number of amides is 4. The number of alkyl halides is 3. The summed E-state index contributed by atoms with van der Waals surface area (Å²) >= 11 is 0. The van der Waals surface area contributed by atoms with Gasteiger partial charge in [-0.1, -0.05) is 42.3 Å². The van der Waals surface area contributed by atoms with Crippen molar-refractivity contribution in [3.05, 3.63) is 60.1 Å². The number of para-hydroxylation sites is 2. The third kappa shape index (κ3) is 7.70. The van der Waals surface area contributed by atoms with E-state index in [1.807, 2.05) is 6.08 Å². The van der Waals surface area contributed by atoms with Crippen LogP contribution in [-0.2, 0) is 30.6 Å². The number of nitrogens with one attached hydrogen (secondary N) is 3. The molecule has 1 aromatic carbocycles. The van der Waals surface area contributed by atoms with Gasteiger partial charge in [-0.15, -0.1) is 0 Å². The highest BCUT2D eigenvalue weighted by molar-refractivity contribution is 7.91. The summed E-state index contributed by atoms with van der Waals surface area (Å²) in [4.78, 5) is 64.1. The maximum atomic E-state index is 14.3. The molecule has 2 saturated carbocycles. The molecule has 7 rings (SSSR count). The number of halogens is 3. The topological polar surface area (TPSA) is 203 Å². The summed E-state index contributed by atoms with van der Waals surface area (Å²) in [6.45, 7) is -0.391. The number of benzene rings is 1. The van der Waals surface area contributed by atoms with Crippen LogP contribution in [0.5, 0.6) is 5.88 Å². The van der Waals surface area contributed by atoms with Crippen molar-refractivity contribution in [3.63, 3.8) is 0 Å². The molecule has 0 radical (unpaired) electrons. The summed E-state index contributed by atoms with van der Waals surface area (Å²) in [7, 11) is -3.99. The minimum atomic E-state index is -4.96. The van der Waals surface area contributed by atoms with Crippen LogP contribution < -0.4 is 20.1 Å². The van der Waals surface area contributed by atoms with E-state index in [0.717, 1.165) is 4.90 Å². The van der Waals surface area contributed by atoms with Crippen molar-refractivity contribution in [1.29, 1.82) is 0 Å². The summed E-state index contributed by atoms with van der Waals surface area (Å²) in [5.74, 6) is -4.61. The normalized spacial score (nSPS) is 27.4. The molecular weight excluding hydrogens is 723 g/mol. The minimum absolute atomic E-state index is 0.0215. The lowest BCUT2D eigenvalue weighted by Gasteiger charge is -2.29. The zero-order valence-electron chi connectivity index (χ0n) is 28.2. The van der Waals surface area contributed by atoms with Crippen LogP contribution in [-0.4, -0.2) is 87.6 Å². The fourth-order valence-corrected chi connectivity index (χ4v) is 8.18. The number of hydrogen-bond donors (Lipinski definition) is 3. The molecule has 15 nitrogen and oxygen atoms in total. The van der Waals surface area contributed by atoms with Crippen molar-refractivity contribution < 1.29 is 50.0 Å². The van der Waals surface area contributed by atoms with E-state index in [1.165, 1.54) is 30.5 Å². The average molecular weight is 760 g/mol. The van der Waals surface area contributed by atoms with E-state index < -0.39 is 92.8 Å². The van der Waals surface area contributed by atoms with E-state index in [9.17, 15) is 40.8 Å². The molecule has 0 bridgehead atoms. The van der Waals surface area contributed by atoms with Gasteiger partial charge in [0.05, 0.1) is 22.8 Å². The molecule has 5 atom stereocenters. The van der Waals surface area contributed by atoms with Crippen LogP contribution in [0.25, 0.3) is 11.0 Å². The van der Waals surface area contributed by atoms with Gasteiger partial charge in [0.15, 0.2) is 5.69 Å². The number of hydrogen-bond acceptors (Lipinski definition) is 11. The van der Waals surface area contributed by atoms with Gasteiger partial charge in [-0.3, -0.25) is 23.9 Å². The maximum Gasteiger partial charge on any atom is 0.438 e. The molecule has 1 saturated heterocycles. The third-order valence-electron chi connectivity index (χ3n) is 9.90. The van der Waals surface area contributed by atoms with E-state index in [1.54, 1.807) is 12.1 Å². The second kappa shape index (κ2) is 14.1. The Morgan fingerprint density at radius 2 is 1.79 bits per heavy atom. The fourth-order valence-electron chi connectivity index (χ4n) is 6.82. The molecule has 3 fully saturated rings. The summed E-state index contributed by atoms with van der Waals surface area (Å²) in [5.41, 5.74) is -3.05. The number of sulfonamides is 1. The predicted molar refractivity (Wildman–Crippen MR) is 178 cm³/mol. The molecule has 4 heterocycles. The monoisotopic (exact) mass is 759 g/mol. The van der Waals surface area contributed by atoms with Crippen LogP contribution in [0.1, 0.15) is 74.0 Å². The van der Waals surface area contributed by atoms with Crippen LogP contribution in [0.4, 0.5) is 13.2 Å². The van der Waals surface area contributed by atoms with Crippen molar-refractivity contribution in [2.45, 2.75) is 92.9 Å². The number of ether oxygens (including phenoxy) is 1. The Morgan fingerprint density at radius 1 is 1.04 bits per heavy atom. The number of nitrogens with zero attached hydrogens (tertiary/aromatic N) is 4. The molecular formula is C34H36F3N7O8S. The molecule has 282 valence electrons.